The van der Waals surface area contributed by atoms with E-state index in [0.29, 0.717) is 28.9 Å². The van der Waals surface area contributed by atoms with Gasteiger partial charge in [0.15, 0.2) is 0 Å². The van der Waals surface area contributed by atoms with Crippen molar-refractivity contribution in [1.29, 1.82) is 0 Å². The number of rotatable bonds is 5. The Morgan fingerprint density at radius 3 is 2.26 bits per heavy atom. The molecule has 0 radical (unpaired) electrons. The summed E-state index contributed by atoms with van der Waals surface area (Å²) in [5.74, 6) is 2.90. The van der Waals surface area contributed by atoms with Crippen LogP contribution in [0.2, 0.25) is 0 Å². The topological polar surface area (TPSA) is 40.6 Å². The third-order valence-corrected chi connectivity index (χ3v) is 2.85. The fourth-order valence-electron chi connectivity index (χ4n) is 1.58. The quantitative estimate of drug-likeness (QED) is 0.784. The lowest BCUT2D eigenvalue weighted by atomic mass is 10.2. The van der Waals surface area contributed by atoms with Crippen LogP contribution in [-0.4, -0.2) is 19.2 Å². The first-order valence-electron chi connectivity index (χ1n) is 5.66. The van der Waals surface area contributed by atoms with Crippen LogP contribution < -0.4 is 14.2 Å². The van der Waals surface area contributed by atoms with E-state index in [1.54, 1.807) is 44.8 Å². The maximum Gasteiger partial charge on any atom is 0.150 e. The van der Waals surface area contributed by atoms with E-state index in [-0.39, 0.29) is 0 Å². The second kappa shape index (κ2) is 6.29. The minimum atomic E-state index is 0.360. The van der Waals surface area contributed by atoms with Crippen LogP contribution in [-0.2, 0) is 5.88 Å². The van der Waals surface area contributed by atoms with Gasteiger partial charge in [-0.1, -0.05) is 0 Å². The van der Waals surface area contributed by atoms with Crippen molar-refractivity contribution < 1.29 is 14.2 Å². The van der Waals surface area contributed by atoms with Crippen molar-refractivity contribution in [3.8, 4) is 23.0 Å². The fourth-order valence-corrected chi connectivity index (χ4v) is 1.80. The van der Waals surface area contributed by atoms with Gasteiger partial charge in [0.05, 0.1) is 26.3 Å². The van der Waals surface area contributed by atoms with Crippen molar-refractivity contribution in [1.82, 2.24) is 4.98 Å². The van der Waals surface area contributed by atoms with E-state index in [2.05, 4.69) is 4.98 Å². The van der Waals surface area contributed by atoms with Gasteiger partial charge in [-0.2, -0.15) is 0 Å². The Bertz CT molecular complexity index is 538. The van der Waals surface area contributed by atoms with Crippen molar-refractivity contribution in [3.05, 3.63) is 42.2 Å². The molecule has 19 heavy (non-hydrogen) atoms. The highest BCUT2D eigenvalue weighted by atomic mass is 35.5. The van der Waals surface area contributed by atoms with E-state index >= 15 is 0 Å². The maximum absolute atomic E-state index is 5.86. The van der Waals surface area contributed by atoms with Crippen LogP contribution in [0, 0.1) is 0 Å². The molecule has 1 heterocycles. The molecule has 0 atom stereocenters. The zero-order valence-electron chi connectivity index (χ0n) is 10.7. The number of hydrogen-bond donors (Lipinski definition) is 0. The Kier molecular flexibility index (Phi) is 4.47. The first-order chi connectivity index (χ1) is 9.26. The molecule has 0 amide bonds. The summed E-state index contributed by atoms with van der Waals surface area (Å²) in [5, 5.41) is 0. The van der Waals surface area contributed by atoms with Gasteiger partial charge in [-0.05, 0) is 6.07 Å². The second-order valence-electron chi connectivity index (χ2n) is 3.77. The van der Waals surface area contributed by atoms with Crippen LogP contribution in [0.1, 0.15) is 5.56 Å². The summed E-state index contributed by atoms with van der Waals surface area (Å²) in [6.45, 7) is 0. The van der Waals surface area contributed by atoms with Crippen molar-refractivity contribution in [2.24, 2.45) is 0 Å². The molecule has 0 bridgehead atoms. The van der Waals surface area contributed by atoms with Gasteiger partial charge in [0, 0.05) is 30.0 Å². The third kappa shape index (κ3) is 3.29. The Hall–Kier alpha value is -1.94. The first-order valence-corrected chi connectivity index (χ1v) is 6.20. The summed E-state index contributed by atoms with van der Waals surface area (Å²) in [6, 6.07) is 7.14. The first kappa shape index (κ1) is 13.5. The number of halogens is 1. The Labute approximate surface area is 116 Å². The van der Waals surface area contributed by atoms with Crippen LogP contribution in [0.25, 0.3) is 0 Å². The van der Waals surface area contributed by atoms with Gasteiger partial charge in [-0.3, -0.25) is 4.98 Å². The van der Waals surface area contributed by atoms with E-state index in [9.17, 15) is 0 Å². The van der Waals surface area contributed by atoms with E-state index in [1.807, 2.05) is 6.07 Å². The normalized spacial score (nSPS) is 10.1. The van der Waals surface area contributed by atoms with Gasteiger partial charge >= 0.3 is 0 Å². The highest BCUT2D eigenvalue weighted by Crippen LogP contribution is 2.32. The maximum atomic E-state index is 5.86. The summed E-state index contributed by atoms with van der Waals surface area (Å²) in [5.41, 5.74) is 0.874. The third-order valence-electron chi connectivity index (χ3n) is 2.57. The van der Waals surface area contributed by atoms with E-state index in [0.717, 1.165) is 5.56 Å². The van der Waals surface area contributed by atoms with Gasteiger partial charge in [-0.25, -0.2) is 0 Å². The van der Waals surface area contributed by atoms with Crippen molar-refractivity contribution in [2.75, 3.05) is 14.2 Å². The largest absolute Gasteiger partial charge is 0.496 e. The number of aromatic nitrogens is 1. The molecule has 5 heteroatoms. The summed E-state index contributed by atoms with van der Waals surface area (Å²) in [6.07, 6.45) is 3.31. The minimum Gasteiger partial charge on any atom is -0.496 e. The number of hydrogen-bond acceptors (Lipinski definition) is 4. The van der Waals surface area contributed by atoms with Crippen molar-refractivity contribution >= 4 is 11.6 Å². The highest BCUT2D eigenvalue weighted by Gasteiger charge is 2.07. The fraction of sp³-hybridized carbons (Fsp3) is 0.214. The molecule has 0 saturated heterocycles. The van der Waals surface area contributed by atoms with Crippen molar-refractivity contribution in [2.45, 2.75) is 5.88 Å². The number of benzene rings is 1. The molecule has 1 aromatic carbocycles. The SMILES string of the molecule is COc1cc(OC)cc(Oc2cnccc2CCl)c1. The number of alkyl halides is 1. The number of methoxy groups -OCH3 is 2. The molecule has 0 fully saturated rings. The molecule has 0 N–H and O–H groups in total. The summed E-state index contributed by atoms with van der Waals surface area (Å²) >= 11 is 5.86. The summed E-state index contributed by atoms with van der Waals surface area (Å²) in [7, 11) is 3.18. The number of ether oxygens (including phenoxy) is 3. The van der Waals surface area contributed by atoms with Crippen LogP contribution in [0.15, 0.2) is 36.7 Å². The lowest BCUT2D eigenvalue weighted by molar-refractivity contribution is 0.386. The van der Waals surface area contributed by atoms with Gasteiger partial charge in [-0.15, -0.1) is 11.6 Å². The average molecular weight is 280 g/mol. The van der Waals surface area contributed by atoms with Gasteiger partial charge in [0.2, 0.25) is 0 Å². The lowest BCUT2D eigenvalue weighted by Crippen LogP contribution is -1.93. The molecule has 0 saturated carbocycles. The monoisotopic (exact) mass is 279 g/mol. The number of nitrogens with zero attached hydrogens (tertiary/aromatic N) is 1. The zero-order chi connectivity index (χ0) is 13.7. The lowest BCUT2D eigenvalue weighted by Gasteiger charge is -2.11. The molecule has 100 valence electrons. The van der Waals surface area contributed by atoms with Crippen LogP contribution >= 0.6 is 11.6 Å². The molecule has 4 nitrogen and oxygen atoms in total. The van der Waals surface area contributed by atoms with Gasteiger partial charge < -0.3 is 14.2 Å². The minimum absolute atomic E-state index is 0.360. The molecular formula is C14H14ClNO3. The number of pyridine rings is 1. The zero-order valence-corrected chi connectivity index (χ0v) is 11.5. The van der Waals surface area contributed by atoms with Crippen LogP contribution in [0.3, 0.4) is 0 Å². The van der Waals surface area contributed by atoms with Crippen LogP contribution in [0.5, 0.6) is 23.0 Å². The molecule has 0 spiro atoms. The predicted octanol–water partition coefficient (Wildman–Crippen LogP) is 3.63. The molecule has 0 aliphatic heterocycles. The smallest absolute Gasteiger partial charge is 0.150 e. The highest BCUT2D eigenvalue weighted by molar-refractivity contribution is 6.17. The second-order valence-corrected chi connectivity index (χ2v) is 4.03. The van der Waals surface area contributed by atoms with E-state index in [4.69, 9.17) is 25.8 Å². The standard InChI is InChI=1S/C14H14ClNO3/c1-17-11-5-12(18-2)7-13(6-11)19-14-9-16-4-3-10(14)8-15/h3-7,9H,8H2,1-2H3. The molecule has 0 aliphatic rings. The van der Waals surface area contributed by atoms with Crippen LogP contribution in [0.4, 0.5) is 0 Å². The van der Waals surface area contributed by atoms with Gasteiger partial charge in [0.25, 0.3) is 0 Å². The Balaban J connectivity index is 2.32. The van der Waals surface area contributed by atoms with Crippen molar-refractivity contribution in [3.63, 3.8) is 0 Å². The average Bonchev–Trinajstić information content (AvgIpc) is 2.47. The Morgan fingerprint density at radius 1 is 1.05 bits per heavy atom. The molecule has 2 aromatic rings. The summed E-state index contributed by atoms with van der Waals surface area (Å²) in [4.78, 5) is 4.03. The molecular weight excluding hydrogens is 266 g/mol. The van der Waals surface area contributed by atoms with E-state index < -0.39 is 0 Å². The summed E-state index contributed by atoms with van der Waals surface area (Å²) < 4.78 is 16.2. The molecule has 0 unspecified atom stereocenters. The Morgan fingerprint density at radius 2 is 1.68 bits per heavy atom. The molecule has 1 aromatic heterocycles. The molecule has 0 aliphatic carbocycles. The van der Waals surface area contributed by atoms with E-state index in [1.165, 1.54) is 0 Å². The van der Waals surface area contributed by atoms with Gasteiger partial charge in [0.1, 0.15) is 23.0 Å². The molecule has 2 rings (SSSR count). The predicted molar refractivity (Wildman–Crippen MR) is 73.4 cm³/mol.